The van der Waals surface area contributed by atoms with Crippen LogP contribution in [0.3, 0.4) is 0 Å². The number of rotatable bonds is 3. The van der Waals surface area contributed by atoms with Crippen LogP contribution in [0.25, 0.3) is 0 Å². The van der Waals surface area contributed by atoms with Gasteiger partial charge in [-0.05, 0) is 46.5 Å². The molecule has 1 unspecified atom stereocenters. The highest BCUT2D eigenvalue weighted by Gasteiger charge is 2.25. The standard InChI is InChI=1S/C16H29N3O3/c1-16(2,3)22-15(20)19-10-9-18-14(12-19)17-8-7-13-6-4-5-11-21-13/h13H,4-12H2,1-3H3,(H,17,18). The Bertz CT molecular complexity index is 398. The van der Waals surface area contributed by atoms with E-state index in [1.807, 2.05) is 20.8 Å². The molecule has 0 aromatic rings. The van der Waals surface area contributed by atoms with Crippen LogP contribution in [0.4, 0.5) is 4.79 Å². The predicted molar refractivity (Wildman–Crippen MR) is 86.3 cm³/mol. The Kier molecular flexibility index (Phi) is 6.06. The summed E-state index contributed by atoms with van der Waals surface area (Å²) in [5, 5.41) is 3.34. The van der Waals surface area contributed by atoms with Crippen LogP contribution in [0.2, 0.25) is 0 Å². The Hall–Kier alpha value is -1.30. The van der Waals surface area contributed by atoms with Gasteiger partial charge in [-0.2, -0.15) is 0 Å². The lowest BCUT2D eigenvalue weighted by Gasteiger charge is -2.30. The summed E-state index contributed by atoms with van der Waals surface area (Å²) in [5.74, 6) is 0.868. The molecule has 1 saturated heterocycles. The van der Waals surface area contributed by atoms with Crippen LogP contribution in [-0.2, 0) is 9.47 Å². The number of carbonyl (C=O) groups is 1. The lowest BCUT2D eigenvalue weighted by Crippen LogP contribution is -2.47. The van der Waals surface area contributed by atoms with Crippen molar-refractivity contribution in [3.05, 3.63) is 0 Å². The predicted octanol–water partition coefficient (Wildman–Crippen LogP) is 2.18. The van der Waals surface area contributed by atoms with Gasteiger partial charge < -0.3 is 14.8 Å². The van der Waals surface area contributed by atoms with E-state index in [9.17, 15) is 4.79 Å². The van der Waals surface area contributed by atoms with Gasteiger partial charge in [0.1, 0.15) is 11.4 Å². The van der Waals surface area contributed by atoms with Crippen molar-refractivity contribution < 1.29 is 14.3 Å². The minimum Gasteiger partial charge on any atom is -0.444 e. The van der Waals surface area contributed by atoms with Crippen LogP contribution >= 0.6 is 0 Å². The lowest BCUT2D eigenvalue weighted by atomic mass is 10.1. The van der Waals surface area contributed by atoms with Gasteiger partial charge in [0.05, 0.1) is 19.2 Å². The maximum absolute atomic E-state index is 12.1. The molecule has 22 heavy (non-hydrogen) atoms. The highest BCUT2D eigenvalue weighted by molar-refractivity contribution is 5.87. The summed E-state index contributed by atoms with van der Waals surface area (Å²) in [5.41, 5.74) is -0.461. The molecule has 2 aliphatic rings. The molecular weight excluding hydrogens is 282 g/mol. The molecule has 0 saturated carbocycles. The fourth-order valence-corrected chi connectivity index (χ4v) is 2.62. The molecule has 2 rings (SSSR count). The molecule has 0 aromatic heterocycles. The zero-order valence-corrected chi connectivity index (χ0v) is 14.1. The number of hydrogen-bond donors (Lipinski definition) is 1. The van der Waals surface area contributed by atoms with E-state index in [1.54, 1.807) is 4.90 Å². The van der Waals surface area contributed by atoms with Gasteiger partial charge in [-0.3, -0.25) is 9.89 Å². The van der Waals surface area contributed by atoms with Crippen molar-refractivity contribution in [1.82, 2.24) is 10.2 Å². The van der Waals surface area contributed by atoms with Crippen LogP contribution in [0.1, 0.15) is 46.5 Å². The average Bonchev–Trinajstić information content (AvgIpc) is 2.47. The summed E-state index contributed by atoms with van der Waals surface area (Å²) in [4.78, 5) is 18.2. The highest BCUT2D eigenvalue weighted by Crippen LogP contribution is 2.15. The molecule has 2 heterocycles. The Labute approximate surface area is 133 Å². The quantitative estimate of drug-likeness (QED) is 0.868. The molecule has 6 nitrogen and oxygen atoms in total. The van der Waals surface area contributed by atoms with Crippen LogP contribution < -0.4 is 5.32 Å². The molecule has 6 heteroatoms. The van der Waals surface area contributed by atoms with E-state index in [0.29, 0.717) is 25.7 Å². The van der Waals surface area contributed by atoms with E-state index < -0.39 is 5.60 Å². The average molecular weight is 311 g/mol. The van der Waals surface area contributed by atoms with Crippen molar-refractivity contribution in [2.45, 2.75) is 58.2 Å². The van der Waals surface area contributed by atoms with Crippen LogP contribution in [0.15, 0.2) is 4.99 Å². The summed E-state index contributed by atoms with van der Waals surface area (Å²) >= 11 is 0. The molecule has 1 atom stereocenters. The summed E-state index contributed by atoms with van der Waals surface area (Å²) in [6.45, 7) is 9.11. The first-order chi connectivity index (χ1) is 10.4. The van der Waals surface area contributed by atoms with E-state index >= 15 is 0 Å². The Morgan fingerprint density at radius 3 is 2.95 bits per heavy atom. The number of carbonyl (C=O) groups excluding carboxylic acids is 1. The first-order valence-electron chi connectivity index (χ1n) is 8.31. The van der Waals surface area contributed by atoms with Gasteiger partial charge in [-0.15, -0.1) is 0 Å². The van der Waals surface area contributed by atoms with Gasteiger partial charge in [-0.25, -0.2) is 4.79 Å². The maximum Gasteiger partial charge on any atom is 0.410 e. The van der Waals surface area contributed by atoms with E-state index in [0.717, 1.165) is 31.8 Å². The molecule has 2 aliphatic heterocycles. The first-order valence-corrected chi connectivity index (χ1v) is 8.31. The van der Waals surface area contributed by atoms with Crippen molar-refractivity contribution >= 4 is 11.9 Å². The van der Waals surface area contributed by atoms with Gasteiger partial charge in [-0.1, -0.05) is 0 Å². The molecule has 1 fully saturated rings. The van der Waals surface area contributed by atoms with Gasteiger partial charge in [0.15, 0.2) is 0 Å². The number of ether oxygens (including phenoxy) is 2. The van der Waals surface area contributed by atoms with Crippen molar-refractivity contribution in [1.29, 1.82) is 0 Å². The minimum absolute atomic E-state index is 0.266. The summed E-state index contributed by atoms with van der Waals surface area (Å²) in [6.07, 6.45) is 4.69. The Morgan fingerprint density at radius 2 is 2.27 bits per heavy atom. The Morgan fingerprint density at radius 1 is 1.45 bits per heavy atom. The van der Waals surface area contributed by atoms with Crippen molar-refractivity contribution in [2.24, 2.45) is 4.99 Å². The molecule has 0 aliphatic carbocycles. The highest BCUT2D eigenvalue weighted by atomic mass is 16.6. The topological polar surface area (TPSA) is 63.2 Å². The van der Waals surface area contributed by atoms with Crippen molar-refractivity contribution in [3.8, 4) is 0 Å². The molecule has 126 valence electrons. The maximum atomic E-state index is 12.1. The number of amides is 1. The molecule has 0 bridgehead atoms. The van der Waals surface area contributed by atoms with Gasteiger partial charge in [0.25, 0.3) is 0 Å². The number of hydrogen-bond acceptors (Lipinski definition) is 5. The number of nitrogens with zero attached hydrogens (tertiary/aromatic N) is 2. The summed E-state index contributed by atoms with van der Waals surface area (Å²) in [7, 11) is 0. The van der Waals surface area contributed by atoms with E-state index in [4.69, 9.17) is 9.47 Å². The molecule has 0 spiro atoms. The third-order valence-electron chi connectivity index (χ3n) is 3.73. The zero-order chi connectivity index (χ0) is 16.0. The number of amidine groups is 1. The third kappa shape index (κ3) is 5.83. The molecule has 1 N–H and O–H groups in total. The van der Waals surface area contributed by atoms with Gasteiger partial charge >= 0.3 is 6.09 Å². The van der Waals surface area contributed by atoms with Gasteiger partial charge in [0, 0.05) is 19.7 Å². The summed E-state index contributed by atoms with van der Waals surface area (Å²) < 4.78 is 11.1. The second-order valence-electron chi connectivity index (χ2n) is 6.93. The third-order valence-corrected chi connectivity index (χ3v) is 3.73. The molecule has 1 amide bonds. The SMILES string of the molecule is CC(C)(C)OC(=O)N1CCN=C(NCCC2CCCCO2)C1. The Balaban J connectivity index is 1.71. The van der Waals surface area contributed by atoms with E-state index in [2.05, 4.69) is 10.3 Å². The smallest absolute Gasteiger partial charge is 0.410 e. The molecule has 0 radical (unpaired) electrons. The lowest BCUT2D eigenvalue weighted by molar-refractivity contribution is 0.0120. The number of nitrogens with one attached hydrogen (secondary N) is 1. The number of aliphatic imine (C=N–C) groups is 1. The van der Waals surface area contributed by atoms with Crippen LogP contribution in [-0.4, -0.2) is 61.3 Å². The van der Waals surface area contributed by atoms with Crippen molar-refractivity contribution in [2.75, 3.05) is 32.8 Å². The van der Waals surface area contributed by atoms with Crippen molar-refractivity contribution in [3.63, 3.8) is 0 Å². The van der Waals surface area contributed by atoms with Crippen LogP contribution in [0.5, 0.6) is 0 Å². The first kappa shape index (κ1) is 17.1. The van der Waals surface area contributed by atoms with Gasteiger partial charge in [0.2, 0.25) is 0 Å². The molecular formula is C16H29N3O3. The van der Waals surface area contributed by atoms with E-state index in [1.165, 1.54) is 12.8 Å². The van der Waals surface area contributed by atoms with Crippen LogP contribution in [0, 0.1) is 0 Å². The monoisotopic (exact) mass is 311 g/mol. The minimum atomic E-state index is -0.461. The largest absolute Gasteiger partial charge is 0.444 e. The fraction of sp³-hybridized carbons (Fsp3) is 0.875. The second kappa shape index (κ2) is 7.81. The van der Waals surface area contributed by atoms with E-state index in [-0.39, 0.29) is 6.09 Å². The fourth-order valence-electron chi connectivity index (χ4n) is 2.62. The summed E-state index contributed by atoms with van der Waals surface area (Å²) in [6, 6.07) is 0. The molecule has 0 aromatic carbocycles. The second-order valence-corrected chi connectivity index (χ2v) is 6.93. The normalized spacial score (nSPS) is 23.0. The zero-order valence-electron chi connectivity index (χ0n) is 14.1.